The van der Waals surface area contributed by atoms with E-state index in [4.69, 9.17) is 11.0 Å². The van der Waals surface area contributed by atoms with Gasteiger partial charge in [0.15, 0.2) is 0 Å². The Hall–Kier alpha value is -1.38. The Bertz CT molecular complexity index is 495. The highest BCUT2D eigenvalue weighted by molar-refractivity contribution is 9.10. The van der Waals surface area contributed by atoms with Crippen LogP contribution in [0, 0.1) is 17.2 Å². The highest BCUT2D eigenvalue weighted by Crippen LogP contribution is 2.28. The van der Waals surface area contributed by atoms with E-state index >= 15 is 0 Å². The van der Waals surface area contributed by atoms with Crippen molar-refractivity contribution in [2.45, 2.75) is 6.42 Å². The van der Waals surface area contributed by atoms with Crippen LogP contribution in [-0.2, 0) is 4.79 Å². The summed E-state index contributed by atoms with van der Waals surface area (Å²) in [6.45, 7) is 1.15. The van der Waals surface area contributed by atoms with Crippen LogP contribution in [0.2, 0.25) is 0 Å². The standard InChI is InChI=1S/C12H12BrN3O/c13-10-1-8(5-14)2-11(4-10)16-7-9(6-15)3-12(16)17/h1-2,4,9H,3,6-7,15H2. The van der Waals surface area contributed by atoms with Gasteiger partial charge >= 0.3 is 0 Å². The fraction of sp³-hybridized carbons (Fsp3) is 0.333. The number of benzene rings is 1. The lowest BCUT2D eigenvalue weighted by atomic mass is 10.1. The molecule has 2 rings (SSSR count). The van der Waals surface area contributed by atoms with Gasteiger partial charge in [-0.3, -0.25) is 4.79 Å². The van der Waals surface area contributed by atoms with Gasteiger partial charge in [0.05, 0.1) is 11.6 Å². The Morgan fingerprint density at radius 3 is 2.88 bits per heavy atom. The zero-order valence-corrected chi connectivity index (χ0v) is 10.8. The molecule has 1 aliphatic rings. The van der Waals surface area contributed by atoms with Gasteiger partial charge in [-0.15, -0.1) is 0 Å². The maximum atomic E-state index is 11.8. The predicted molar refractivity (Wildman–Crippen MR) is 68.4 cm³/mol. The topological polar surface area (TPSA) is 70.1 Å². The van der Waals surface area contributed by atoms with Crippen molar-refractivity contribution in [3.8, 4) is 6.07 Å². The van der Waals surface area contributed by atoms with E-state index in [0.717, 1.165) is 10.2 Å². The Balaban J connectivity index is 2.32. The molecule has 2 N–H and O–H groups in total. The molecule has 1 aromatic carbocycles. The van der Waals surface area contributed by atoms with E-state index in [-0.39, 0.29) is 11.8 Å². The van der Waals surface area contributed by atoms with Crippen LogP contribution in [0.1, 0.15) is 12.0 Å². The summed E-state index contributed by atoms with van der Waals surface area (Å²) in [6.07, 6.45) is 0.491. The first-order valence-corrected chi connectivity index (χ1v) is 6.14. The summed E-state index contributed by atoms with van der Waals surface area (Å²) in [6, 6.07) is 7.37. The molecule has 1 amide bonds. The molecule has 1 atom stereocenters. The minimum atomic E-state index is 0.0717. The van der Waals surface area contributed by atoms with Crippen LogP contribution in [-0.4, -0.2) is 19.0 Å². The second-order valence-corrected chi connectivity index (χ2v) is 5.04. The summed E-state index contributed by atoms with van der Waals surface area (Å²) >= 11 is 3.34. The molecule has 0 spiro atoms. The summed E-state index contributed by atoms with van der Waals surface area (Å²) < 4.78 is 0.801. The molecule has 1 aliphatic heterocycles. The molecule has 0 aromatic heterocycles. The van der Waals surface area contributed by atoms with Gasteiger partial charge in [-0.05, 0) is 30.7 Å². The van der Waals surface area contributed by atoms with Gasteiger partial charge in [-0.2, -0.15) is 5.26 Å². The summed E-state index contributed by atoms with van der Waals surface area (Å²) in [5, 5.41) is 8.90. The molecule has 1 saturated heterocycles. The van der Waals surface area contributed by atoms with E-state index in [2.05, 4.69) is 22.0 Å². The summed E-state index contributed by atoms with van der Waals surface area (Å²) in [4.78, 5) is 13.5. The second kappa shape index (κ2) is 4.86. The SMILES string of the molecule is N#Cc1cc(Br)cc(N2CC(CN)CC2=O)c1. The number of halogens is 1. The third-order valence-corrected chi connectivity index (χ3v) is 3.32. The predicted octanol–water partition coefficient (Wildman–Crippen LogP) is 1.63. The fourth-order valence-electron chi connectivity index (χ4n) is 1.98. The first-order valence-electron chi connectivity index (χ1n) is 5.35. The average Bonchev–Trinajstić information content (AvgIpc) is 2.69. The maximum absolute atomic E-state index is 11.8. The van der Waals surface area contributed by atoms with E-state index in [1.165, 1.54) is 0 Å². The van der Waals surface area contributed by atoms with E-state index in [1.54, 1.807) is 17.0 Å². The van der Waals surface area contributed by atoms with Crippen LogP contribution in [0.4, 0.5) is 5.69 Å². The summed E-state index contributed by atoms with van der Waals surface area (Å²) in [5.41, 5.74) is 6.88. The van der Waals surface area contributed by atoms with E-state index in [1.807, 2.05) is 6.07 Å². The molecule has 1 aromatic rings. The largest absolute Gasteiger partial charge is 0.330 e. The van der Waals surface area contributed by atoms with Gasteiger partial charge in [-0.25, -0.2) is 0 Å². The molecule has 0 radical (unpaired) electrons. The zero-order valence-electron chi connectivity index (χ0n) is 9.19. The molecular formula is C12H12BrN3O. The Kier molecular flexibility index (Phi) is 3.46. The van der Waals surface area contributed by atoms with Crippen molar-refractivity contribution < 1.29 is 4.79 Å². The van der Waals surface area contributed by atoms with Crippen LogP contribution in [0.15, 0.2) is 22.7 Å². The lowest BCUT2D eigenvalue weighted by Gasteiger charge is -2.17. The third kappa shape index (κ3) is 2.48. The van der Waals surface area contributed by atoms with Crippen LogP contribution >= 0.6 is 15.9 Å². The number of anilines is 1. The van der Waals surface area contributed by atoms with Gasteiger partial charge in [-0.1, -0.05) is 15.9 Å². The van der Waals surface area contributed by atoms with Gasteiger partial charge in [0, 0.05) is 23.1 Å². The van der Waals surface area contributed by atoms with Crippen molar-refractivity contribution in [3.63, 3.8) is 0 Å². The molecule has 0 saturated carbocycles. The Morgan fingerprint density at radius 1 is 1.53 bits per heavy atom. The summed E-state index contributed by atoms with van der Waals surface area (Å²) in [7, 11) is 0. The van der Waals surface area contributed by atoms with E-state index < -0.39 is 0 Å². The molecule has 0 aliphatic carbocycles. The number of carbonyl (C=O) groups is 1. The highest BCUT2D eigenvalue weighted by atomic mass is 79.9. The number of nitrogens with zero attached hydrogens (tertiary/aromatic N) is 2. The minimum Gasteiger partial charge on any atom is -0.330 e. The van der Waals surface area contributed by atoms with Crippen molar-refractivity contribution in [2.75, 3.05) is 18.0 Å². The molecule has 1 fully saturated rings. The Morgan fingerprint density at radius 2 is 2.29 bits per heavy atom. The first kappa shape index (κ1) is 12.1. The number of amides is 1. The number of nitrogens with two attached hydrogens (primary N) is 1. The van der Waals surface area contributed by atoms with Crippen molar-refractivity contribution in [1.29, 1.82) is 5.26 Å². The normalized spacial score (nSPS) is 19.5. The lowest BCUT2D eigenvalue weighted by molar-refractivity contribution is -0.117. The minimum absolute atomic E-state index is 0.0717. The van der Waals surface area contributed by atoms with E-state index in [0.29, 0.717) is 25.1 Å². The maximum Gasteiger partial charge on any atom is 0.227 e. The molecule has 1 unspecified atom stereocenters. The highest BCUT2D eigenvalue weighted by Gasteiger charge is 2.29. The van der Waals surface area contributed by atoms with Gasteiger partial charge in [0.25, 0.3) is 0 Å². The third-order valence-electron chi connectivity index (χ3n) is 2.86. The molecule has 17 heavy (non-hydrogen) atoms. The molecule has 1 heterocycles. The summed E-state index contributed by atoms with van der Waals surface area (Å²) in [5.74, 6) is 0.287. The van der Waals surface area contributed by atoms with Crippen LogP contribution in [0.25, 0.3) is 0 Å². The number of hydrogen-bond donors (Lipinski definition) is 1. The molecule has 88 valence electrons. The van der Waals surface area contributed by atoms with Gasteiger partial charge in [0.1, 0.15) is 0 Å². The number of rotatable bonds is 2. The van der Waals surface area contributed by atoms with Crippen molar-refractivity contribution in [3.05, 3.63) is 28.2 Å². The number of hydrogen-bond acceptors (Lipinski definition) is 3. The number of carbonyl (C=O) groups excluding carboxylic acids is 1. The van der Waals surface area contributed by atoms with Crippen LogP contribution < -0.4 is 10.6 Å². The van der Waals surface area contributed by atoms with Gasteiger partial charge in [0.2, 0.25) is 5.91 Å². The smallest absolute Gasteiger partial charge is 0.227 e. The zero-order chi connectivity index (χ0) is 12.4. The van der Waals surface area contributed by atoms with Crippen molar-refractivity contribution >= 4 is 27.5 Å². The van der Waals surface area contributed by atoms with Crippen LogP contribution in [0.5, 0.6) is 0 Å². The fourth-order valence-corrected chi connectivity index (χ4v) is 2.46. The van der Waals surface area contributed by atoms with Crippen molar-refractivity contribution in [1.82, 2.24) is 0 Å². The monoisotopic (exact) mass is 293 g/mol. The van der Waals surface area contributed by atoms with E-state index in [9.17, 15) is 4.79 Å². The van der Waals surface area contributed by atoms with Crippen LogP contribution in [0.3, 0.4) is 0 Å². The van der Waals surface area contributed by atoms with Crippen molar-refractivity contribution in [2.24, 2.45) is 11.7 Å². The molecule has 5 heteroatoms. The lowest BCUT2D eigenvalue weighted by Crippen LogP contribution is -2.25. The average molecular weight is 294 g/mol. The molecular weight excluding hydrogens is 282 g/mol. The second-order valence-electron chi connectivity index (χ2n) is 4.12. The van der Waals surface area contributed by atoms with Gasteiger partial charge < -0.3 is 10.6 Å². The first-order chi connectivity index (χ1) is 8.13. The number of nitriles is 1. The molecule has 4 nitrogen and oxygen atoms in total. The Labute approximate surface area is 108 Å². The molecule has 0 bridgehead atoms. The quantitative estimate of drug-likeness (QED) is 0.901.